The molecule has 2 amide bonds. The predicted molar refractivity (Wildman–Crippen MR) is 120 cm³/mol. The van der Waals surface area contributed by atoms with Crippen LogP contribution in [-0.4, -0.2) is 29.3 Å². The van der Waals surface area contributed by atoms with Crippen LogP contribution in [0.4, 0.5) is 5.69 Å². The third-order valence-corrected chi connectivity index (χ3v) is 6.81. The van der Waals surface area contributed by atoms with Gasteiger partial charge in [0.25, 0.3) is 11.8 Å². The van der Waals surface area contributed by atoms with Gasteiger partial charge in [0, 0.05) is 34.3 Å². The third-order valence-electron chi connectivity index (χ3n) is 5.60. The minimum atomic E-state index is -0.0377. The number of nitrogen functional groups attached to an aromatic ring is 1. The number of nitrogens with one attached hydrogen (secondary N) is 1. The van der Waals surface area contributed by atoms with E-state index in [1.807, 2.05) is 17.0 Å². The number of carbonyl (C=O) groups excluding carboxylic acids is 2. The number of carbonyl (C=O) groups is 2. The Labute approximate surface area is 179 Å². The molecule has 1 fully saturated rings. The van der Waals surface area contributed by atoms with Gasteiger partial charge in [0.15, 0.2) is 0 Å². The molecule has 1 aliphatic heterocycles. The van der Waals surface area contributed by atoms with Crippen LogP contribution in [0.2, 0.25) is 0 Å². The number of nitrogens with two attached hydrogens (primary N) is 1. The lowest BCUT2D eigenvalue weighted by molar-refractivity contribution is 0.0813. The van der Waals surface area contributed by atoms with Crippen LogP contribution in [0, 0.1) is 0 Å². The lowest BCUT2D eigenvalue weighted by Crippen LogP contribution is -2.31. The summed E-state index contributed by atoms with van der Waals surface area (Å²) in [5, 5.41) is 3.08. The summed E-state index contributed by atoms with van der Waals surface area (Å²) in [5.41, 5.74) is 10.1. The molecule has 1 aromatic heterocycles. The summed E-state index contributed by atoms with van der Waals surface area (Å²) in [6.07, 6.45) is 11.9. The van der Waals surface area contributed by atoms with Crippen LogP contribution in [0.1, 0.15) is 49.7 Å². The normalized spacial score (nSPS) is 17.8. The molecular formula is C24H23N3O2S. The van der Waals surface area contributed by atoms with Crippen LogP contribution >= 0.6 is 11.3 Å². The van der Waals surface area contributed by atoms with Crippen molar-refractivity contribution in [3.63, 3.8) is 0 Å². The Hall–Kier alpha value is -3.12. The molecule has 0 unspecified atom stereocenters. The zero-order valence-electron chi connectivity index (χ0n) is 16.6. The number of hydrogen-bond acceptors (Lipinski definition) is 4. The van der Waals surface area contributed by atoms with Crippen molar-refractivity contribution >= 4 is 34.4 Å². The summed E-state index contributed by atoms with van der Waals surface area (Å²) in [5.74, 6) is -0.0232. The van der Waals surface area contributed by atoms with Crippen LogP contribution < -0.4 is 11.1 Å². The monoisotopic (exact) mass is 417 g/mol. The summed E-state index contributed by atoms with van der Waals surface area (Å²) >= 11 is 1.52. The summed E-state index contributed by atoms with van der Waals surface area (Å²) in [7, 11) is 0. The second kappa shape index (κ2) is 7.61. The molecule has 0 radical (unpaired) electrons. The van der Waals surface area contributed by atoms with Crippen LogP contribution in [0.25, 0.3) is 5.57 Å². The minimum Gasteiger partial charge on any atom is -0.399 e. The standard InChI is InChI=1S/C24H23N3O2S/c25-17-8-6-15(7-9-17)24(29)27-13-12-16-14-21(23(28)26-18-10-11-18)30-22(16)19-4-2-1-3-5-20(19)27/h2-9,14,18H,1,10-13,25H2,(H,26,28). The zero-order chi connectivity index (χ0) is 20.7. The average Bonchev–Trinajstić information content (AvgIpc) is 3.52. The van der Waals surface area contributed by atoms with Gasteiger partial charge in [-0.05, 0) is 67.7 Å². The highest BCUT2D eigenvalue weighted by molar-refractivity contribution is 7.15. The van der Waals surface area contributed by atoms with E-state index in [1.54, 1.807) is 24.3 Å². The molecular weight excluding hydrogens is 394 g/mol. The number of amides is 2. The summed E-state index contributed by atoms with van der Waals surface area (Å²) in [6, 6.07) is 9.39. The highest BCUT2D eigenvalue weighted by Crippen LogP contribution is 2.38. The number of nitrogens with zero attached hydrogens (tertiary/aromatic N) is 1. The lowest BCUT2D eigenvalue weighted by atomic mass is 10.1. The van der Waals surface area contributed by atoms with Crippen molar-refractivity contribution in [3.05, 3.63) is 81.2 Å². The van der Waals surface area contributed by atoms with Gasteiger partial charge in [0.2, 0.25) is 0 Å². The molecule has 0 spiro atoms. The van der Waals surface area contributed by atoms with Crippen molar-refractivity contribution in [1.29, 1.82) is 0 Å². The third kappa shape index (κ3) is 3.59. The van der Waals surface area contributed by atoms with E-state index in [2.05, 4.69) is 23.5 Å². The van der Waals surface area contributed by atoms with Crippen molar-refractivity contribution in [2.45, 2.75) is 31.7 Å². The fourth-order valence-corrected chi connectivity index (χ4v) is 4.98. The van der Waals surface area contributed by atoms with Gasteiger partial charge in [0.05, 0.1) is 10.6 Å². The van der Waals surface area contributed by atoms with Crippen molar-refractivity contribution in [3.8, 4) is 0 Å². The topological polar surface area (TPSA) is 75.4 Å². The first-order valence-electron chi connectivity index (χ1n) is 10.3. The SMILES string of the molecule is Nc1ccc(C(=O)N2CCc3cc(C(=O)NC4CC4)sc3C3=C2C=CCC=C3)cc1. The van der Waals surface area contributed by atoms with Gasteiger partial charge < -0.3 is 16.0 Å². The highest BCUT2D eigenvalue weighted by atomic mass is 32.1. The van der Waals surface area contributed by atoms with Crippen LogP contribution in [0.15, 0.2) is 60.3 Å². The smallest absolute Gasteiger partial charge is 0.261 e. The highest BCUT2D eigenvalue weighted by Gasteiger charge is 2.29. The Balaban J connectivity index is 1.54. The average molecular weight is 418 g/mol. The van der Waals surface area contributed by atoms with E-state index in [1.165, 1.54) is 11.3 Å². The molecule has 3 N–H and O–H groups in total. The van der Waals surface area contributed by atoms with Gasteiger partial charge in [-0.25, -0.2) is 0 Å². The molecule has 152 valence electrons. The predicted octanol–water partition coefficient (Wildman–Crippen LogP) is 4.15. The van der Waals surface area contributed by atoms with Gasteiger partial charge >= 0.3 is 0 Å². The number of fused-ring (bicyclic) bond motifs is 2. The van der Waals surface area contributed by atoms with Gasteiger partial charge in [-0.2, -0.15) is 0 Å². The first-order chi connectivity index (χ1) is 14.6. The van der Waals surface area contributed by atoms with Crippen LogP contribution in [0.3, 0.4) is 0 Å². The van der Waals surface area contributed by atoms with Crippen molar-refractivity contribution in [2.24, 2.45) is 0 Å². The maximum atomic E-state index is 13.3. The number of rotatable bonds is 3. The minimum absolute atomic E-state index is 0.0145. The van der Waals surface area contributed by atoms with Gasteiger partial charge in [-0.3, -0.25) is 9.59 Å². The van der Waals surface area contributed by atoms with E-state index >= 15 is 0 Å². The van der Waals surface area contributed by atoms with E-state index < -0.39 is 0 Å². The molecule has 3 aliphatic rings. The molecule has 5 nitrogen and oxygen atoms in total. The van der Waals surface area contributed by atoms with Gasteiger partial charge in [-0.1, -0.05) is 18.2 Å². The molecule has 0 saturated heterocycles. The number of hydrogen-bond donors (Lipinski definition) is 2. The Morgan fingerprint density at radius 3 is 2.63 bits per heavy atom. The van der Waals surface area contributed by atoms with E-state index in [4.69, 9.17) is 5.73 Å². The first-order valence-corrected chi connectivity index (χ1v) is 11.1. The molecule has 5 rings (SSSR count). The Bertz CT molecular complexity index is 1100. The summed E-state index contributed by atoms with van der Waals surface area (Å²) < 4.78 is 0. The molecule has 6 heteroatoms. The second-order valence-electron chi connectivity index (χ2n) is 7.88. The Morgan fingerprint density at radius 2 is 1.87 bits per heavy atom. The fraction of sp³-hybridized carbons (Fsp3) is 0.250. The van der Waals surface area contributed by atoms with Gasteiger partial charge in [-0.15, -0.1) is 11.3 Å². The quantitative estimate of drug-likeness (QED) is 0.737. The fourth-order valence-electron chi connectivity index (χ4n) is 3.83. The molecule has 2 heterocycles. The number of thiophene rings is 1. The molecule has 1 aromatic carbocycles. The second-order valence-corrected chi connectivity index (χ2v) is 8.93. The first kappa shape index (κ1) is 18.9. The van der Waals surface area contributed by atoms with Crippen LogP contribution in [0.5, 0.6) is 0 Å². The maximum absolute atomic E-state index is 13.3. The summed E-state index contributed by atoms with van der Waals surface area (Å²) in [6.45, 7) is 0.563. The van der Waals surface area contributed by atoms with Crippen molar-refractivity contribution < 1.29 is 9.59 Å². The zero-order valence-corrected chi connectivity index (χ0v) is 17.4. The maximum Gasteiger partial charge on any atom is 0.261 e. The van der Waals surface area contributed by atoms with Crippen LogP contribution in [-0.2, 0) is 6.42 Å². The number of allylic oxidation sites excluding steroid dienone is 5. The molecule has 1 saturated carbocycles. The molecule has 2 aromatic rings. The van der Waals surface area contributed by atoms with Gasteiger partial charge in [0.1, 0.15) is 0 Å². The number of anilines is 1. The largest absolute Gasteiger partial charge is 0.399 e. The van der Waals surface area contributed by atoms with E-state index in [0.717, 1.165) is 45.9 Å². The lowest BCUT2D eigenvalue weighted by Gasteiger charge is -2.24. The van der Waals surface area contributed by atoms with E-state index in [0.29, 0.717) is 30.3 Å². The molecule has 0 atom stereocenters. The van der Waals surface area contributed by atoms with Crippen molar-refractivity contribution in [2.75, 3.05) is 12.3 Å². The number of benzene rings is 1. The molecule has 2 aliphatic carbocycles. The van der Waals surface area contributed by atoms with Crippen molar-refractivity contribution in [1.82, 2.24) is 10.2 Å². The van der Waals surface area contributed by atoms with E-state index in [-0.39, 0.29) is 11.8 Å². The summed E-state index contributed by atoms with van der Waals surface area (Å²) in [4.78, 5) is 29.6. The van der Waals surface area contributed by atoms with E-state index in [9.17, 15) is 9.59 Å². The molecule has 30 heavy (non-hydrogen) atoms. The Kier molecular flexibility index (Phi) is 4.79. The Morgan fingerprint density at radius 1 is 1.10 bits per heavy atom. The molecule has 0 bridgehead atoms.